The van der Waals surface area contributed by atoms with Crippen LogP contribution in [0.15, 0.2) is 0 Å². The second-order valence-electron chi connectivity index (χ2n) is 5.66. The summed E-state index contributed by atoms with van der Waals surface area (Å²) >= 11 is 0. The van der Waals surface area contributed by atoms with Gasteiger partial charge >= 0.3 is 11.9 Å². The van der Waals surface area contributed by atoms with Crippen molar-refractivity contribution < 1.29 is 24.2 Å². The number of carbonyl (C=O) groups excluding carboxylic acids is 2. The highest BCUT2D eigenvalue weighted by Crippen LogP contribution is 2.19. The summed E-state index contributed by atoms with van der Waals surface area (Å²) < 4.78 is 5.03. The fourth-order valence-electron chi connectivity index (χ4n) is 1.33. The van der Waals surface area contributed by atoms with Crippen LogP contribution in [0.1, 0.15) is 41.0 Å². The number of nitrogens with one attached hydrogen (secondary N) is 1. The molecule has 1 unspecified atom stereocenters. The number of rotatable bonds is 7. The maximum Gasteiger partial charge on any atom is 0.345 e. The van der Waals surface area contributed by atoms with E-state index in [1.807, 2.05) is 13.8 Å². The zero-order chi connectivity index (χ0) is 15.2. The Morgan fingerprint density at radius 3 is 2.16 bits per heavy atom. The van der Waals surface area contributed by atoms with Crippen molar-refractivity contribution in [2.45, 2.75) is 47.1 Å². The first-order valence-electron chi connectivity index (χ1n) is 6.24. The molecule has 0 aromatic heterocycles. The lowest BCUT2D eigenvalue weighted by atomic mass is 9.93. The van der Waals surface area contributed by atoms with E-state index in [1.165, 1.54) is 6.92 Å². The molecule has 0 saturated carbocycles. The number of hydrogen-bond donors (Lipinski definition) is 2. The molecule has 0 aliphatic carbocycles. The summed E-state index contributed by atoms with van der Waals surface area (Å²) in [6.45, 7) is 8.35. The average molecular weight is 273 g/mol. The number of esters is 1. The van der Waals surface area contributed by atoms with Gasteiger partial charge in [-0.2, -0.15) is 0 Å². The quantitative estimate of drug-likeness (QED) is 0.680. The van der Waals surface area contributed by atoms with Gasteiger partial charge in [-0.25, -0.2) is 4.79 Å². The SMILES string of the molecule is CC(=O)NCC(C)(C)C(=O)OC(CC(C)C)C(=O)O. The van der Waals surface area contributed by atoms with Crippen molar-refractivity contribution in [3.05, 3.63) is 0 Å². The van der Waals surface area contributed by atoms with Crippen LogP contribution in [0.5, 0.6) is 0 Å². The van der Waals surface area contributed by atoms with Gasteiger partial charge in [0.15, 0.2) is 6.10 Å². The largest absolute Gasteiger partial charge is 0.479 e. The summed E-state index contributed by atoms with van der Waals surface area (Å²) in [5.74, 6) is -1.93. The van der Waals surface area contributed by atoms with Crippen LogP contribution in [-0.4, -0.2) is 35.6 Å². The molecule has 1 atom stereocenters. The van der Waals surface area contributed by atoms with Crippen LogP contribution in [0.25, 0.3) is 0 Å². The minimum Gasteiger partial charge on any atom is -0.479 e. The Balaban J connectivity index is 4.61. The number of carbonyl (C=O) groups is 3. The summed E-state index contributed by atoms with van der Waals surface area (Å²) in [6.07, 6.45) is -0.888. The van der Waals surface area contributed by atoms with Gasteiger partial charge in [0, 0.05) is 13.5 Å². The number of hydrogen-bond acceptors (Lipinski definition) is 4. The molecule has 0 aliphatic rings. The molecule has 19 heavy (non-hydrogen) atoms. The number of carboxylic acids is 1. The lowest BCUT2D eigenvalue weighted by Crippen LogP contribution is -2.42. The molecule has 0 aliphatic heterocycles. The average Bonchev–Trinajstić information content (AvgIpc) is 2.24. The molecule has 0 saturated heterocycles. The van der Waals surface area contributed by atoms with E-state index in [0.29, 0.717) is 0 Å². The predicted molar refractivity (Wildman–Crippen MR) is 69.4 cm³/mol. The Bertz CT molecular complexity index is 349. The number of amides is 1. The summed E-state index contributed by atoms with van der Waals surface area (Å²) in [4.78, 5) is 33.8. The second-order valence-corrected chi connectivity index (χ2v) is 5.66. The highest BCUT2D eigenvalue weighted by atomic mass is 16.6. The normalized spacial score (nSPS) is 12.9. The van der Waals surface area contributed by atoms with Gasteiger partial charge in [-0.3, -0.25) is 9.59 Å². The molecule has 0 rings (SSSR count). The second kappa shape index (κ2) is 7.11. The maximum absolute atomic E-state index is 11.9. The third-order valence-electron chi connectivity index (χ3n) is 2.54. The first-order chi connectivity index (χ1) is 8.56. The standard InChI is InChI=1S/C13H23NO5/c1-8(2)6-10(11(16)17)19-12(18)13(4,5)7-14-9(3)15/h8,10H,6-7H2,1-5H3,(H,14,15)(H,16,17). The zero-order valence-corrected chi connectivity index (χ0v) is 12.1. The topological polar surface area (TPSA) is 92.7 Å². The first kappa shape index (κ1) is 17.4. The highest BCUT2D eigenvalue weighted by molar-refractivity contribution is 5.82. The Kier molecular flexibility index (Phi) is 6.52. The summed E-state index contributed by atoms with van der Waals surface area (Å²) in [5, 5.41) is 11.5. The minimum atomic E-state index is -1.16. The number of aliphatic carboxylic acids is 1. The Morgan fingerprint density at radius 2 is 1.79 bits per heavy atom. The van der Waals surface area contributed by atoms with Crippen molar-refractivity contribution in [1.29, 1.82) is 0 Å². The van der Waals surface area contributed by atoms with Gasteiger partial charge in [0.25, 0.3) is 0 Å². The van der Waals surface area contributed by atoms with E-state index in [2.05, 4.69) is 5.32 Å². The van der Waals surface area contributed by atoms with E-state index < -0.39 is 23.5 Å². The van der Waals surface area contributed by atoms with Gasteiger partial charge in [-0.15, -0.1) is 0 Å². The fraction of sp³-hybridized carbons (Fsp3) is 0.769. The Morgan fingerprint density at radius 1 is 1.26 bits per heavy atom. The maximum atomic E-state index is 11.9. The molecule has 0 radical (unpaired) electrons. The molecule has 6 heteroatoms. The van der Waals surface area contributed by atoms with Gasteiger partial charge in [-0.05, 0) is 26.2 Å². The van der Waals surface area contributed by atoms with E-state index >= 15 is 0 Å². The molecule has 2 N–H and O–H groups in total. The van der Waals surface area contributed by atoms with E-state index in [0.717, 1.165) is 0 Å². The molecule has 6 nitrogen and oxygen atoms in total. The zero-order valence-electron chi connectivity index (χ0n) is 12.1. The number of ether oxygens (including phenoxy) is 1. The van der Waals surface area contributed by atoms with Crippen LogP contribution >= 0.6 is 0 Å². The molecule has 0 fully saturated rings. The molecule has 0 aromatic rings. The van der Waals surface area contributed by atoms with Gasteiger partial charge in [0.05, 0.1) is 5.41 Å². The van der Waals surface area contributed by atoms with Crippen LogP contribution in [0, 0.1) is 11.3 Å². The molecule has 110 valence electrons. The summed E-state index contributed by atoms with van der Waals surface area (Å²) in [7, 11) is 0. The van der Waals surface area contributed by atoms with E-state index in [9.17, 15) is 14.4 Å². The molecule has 0 bridgehead atoms. The van der Waals surface area contributed by atoms with E-state index in [1.54, 1.807) is 13.8 Å². The van der Waals surface area contributed by atoms with Gasteiger partial charge in [0.1, 0.15) is 0 Å². The molecule has 1 amide bonds. The molecule has 0 heterocycles. The third kappa shape index (κ3) is 6.79. The third-order valence-corrected chi connectivity index (χ3v) is 2.54. The van der Waals surface area contributed by atoms with Crippen molar-refractivity contribution in [1.82, 2.24) is 5.32 Å². The van der Waals surface area contributed by atoms with Crippen LogP contribution in [0.3, 0.4) is 0 Å². The van der Waals surface area contributed by atoms with Crippen LogP contribution in [0.4, 0.5) is 0 Å². The monoisotopic (exact) mass is 273 g/mol. The van der Waals surface area contributed by atoms with E-state index in [-0.39, 0.29) is 24.8 Å². The predicted octanol–water partition coefficient (Wildman–Crippen LogP) is 1.19. The summed E-state index contributed by atoms with van der Waals surface area (Å²) in [6, 6.07) is 0. The molecular weight excluding hydrogens is 250 g/mol. The molecular formula is C13H23NO5. The fourth-order valence-corrected chi connectivity index (χ4v) is 1.33. The molecule has 0 spiro atoms. The Labute approximate surface area is 113 Å². The van der Waals surface area contributed by atoms with Crippen molar-refractivity contribution in [3.63, 3.8) is 0 Å². The van der Waals surface area contributed by atoms with Crippen molar-refractivity contribution in [2.75, 3.05) is 6.54 Å². The first-order valence-corrected chi connectivity index (χ1v) is 6.24. The van der Waals surface area contributed by atoms with Crippen LogP contribution < -0.4 is 5.32 Å². The van der Waals surface area contributed by atoms with Crippen LogP contribution in [-0.2, 0) is 19.1 Å². The van der Waals surface area contributed by atoms with Crippen molar-refractivity contribution in [2.24, 2.45) is 11.3 Å². The van der Waals surface area contributed by atoms with Gasteiger partial charge < -0.3 is 15.2 Å². The number of carboxylic acid groups (broad SMARTS) is 1. The Hall–Kier alpha value is -1.59. The highest BCUT2D eigenvalue weighted by Gasteiger charge is 2.34. The minimum absolute atomic E-state index is 0.104. The summed E-state index contributed by atoms with van der Waals surface area (Å²) in [5.41, 5.74) is -0.962. The van der Waals surface area contributed by atoms with E-state index in [4.69, 9.17) is 9.84 Å². The smallest absolute Gasteiger partial charge is 0.345 e. The van der Waals surface area contributed by atoms with Gasteiger partial charge in [-0.1, -0.05) is 13.8 Å². The van der Waals surface area contributed by atoms with Crippen molar-refractivity contribution in [3.8, 4) is 0 Å². The lowest BCUT2D eigenvalue weighted by molar-refractivity contribution is -0.171. The van der Waals surface area contributed by atoms with Crippen molar-refractivity contribution >= 4 is 17.8 Å². The van der Waals surface area contributed by atoms with Gasteiger partial charge in [0.2, 0.25) is 5.91 Å². The lowest BCUT2D eigenvalue weighted by Gasteiger charge is -2.25. The van der Waals surface area contributed by atoms with Crippen LogP contribution in [0.2, 0.25) is 0 Å². The molecule has 0 aromatic carbocycles.